The van der Waals surface area contributed by atoms with E-state index in [1.807, 2.05) is 36.4 Å². The van der Waals surface area contributed by atoms with E-state index in [9.17, 15) is 30.1 Å². The average molecular weight is 433 g/mol. The van der Waals surface area contributed by atoms with Gasteiger partial charge in [-0.05, 0) is 36.6 Å². The number of rotatable bonds is 8. The summed E-state index contributed by atoms with van der Waals surface area (Å²) in [6.07, 6.45) is 0.412. The van der Waals surface area contributed by atoms with Gasteiger partial charge in [0.1, 0.15) is 17.4 Å². The number of non-ortho nitro benzene ring substituents is 1. The third-order valence-electron chi connectivity index (χ3n) is 4.96. The molecular formula is C23H19N3O6. The number of hydrogen-bond acceptors (Lipinski definition) is 7. The van der Waals surface area contributed by atoms with Crippen LogP contribution in [0.1, 0.15) is 27.0 Å². The van der Waals surface area contributed by atoms with Crippen molar-refractivity contribution in [2.45, 2.75) is 19.9 Å². The zero-order chi connectivity index (χ0) is 23.3. The maximum Gasteiger partial charge on any atom is 0.271 e. The van der Waals surface area contributed by atoms with Gasteiger partial charge in [-0.15, -0.1) is 0 Å². The number of carbonyl (C=O) groups is 1. The van der Waals surface area contributed by atoms with Crippen LogP contribution in [0.25, 0.3) is 0 Å². The summed E-state index contributed by atoms with van der Waals surface area (Å²) in [7, 11) is 0. The third-order valence-corrected chi connectivity index (χ3v) is 4.96. The van der Waals surface area contributed by atoms with Crippen molar-refractivity contribution in [3.8, 4) is 17.7 Å². The van der Waals surface area contributed by atoms with E-state index in [1.54, 1.807) is 0 Å². The zero-order valence-corrected chi connectivity index (χ0v) is 17.1. The predicted molar refractivity (Wildman–Crippen MR) is 115 cm³/mol. The Morgan fingerprint density at radius 1 is 1.19 bits per heavy atom. The van der Waals surface area contributed by atoms with E-state index in [0.29, 0.717) is 6.42 Å². The number of nitro groups is 1. The first-order chi connectivity index (χ1) is 15.3. The van der Waals surface area contributed by atoms with Gasteiger partial charge in [0.05, 0.1) is 10.5 Å². The van der Waals surface area contributed by atoms with Gasteiger partial charge >= 0.3 is 0 Å². The van der Waals surface area contributed by atoms with Gasteiger partial charge in [0.15, 0.2) is 6.61 Å². The standard InChI is InChI=1S/C23H19N3O6/c1-15-19(13-24)22(28)25(12-11-16-5-3-2-4-6-16)23(29)21(15)20(27)14-32-18-9-7-17(8-10-18)26(30)31/h2-10,29H,11-12,14H2,1H3. The highest BCUT2D eigenvalue weighted by molar-refractivity contribution is 6.01. The van der Waals surface area contributed by atoms with Gasteiger partial charge in [-0.1, -0.05) is 30.3 Å². The van der Waals surface area contributed by atoms with Crippen LogP contribution in [-0.4, -0.2) is 27.0 Å². The van der Waals surface area contributed by atoms with Gasteiger partial charge in [-0.2, -0.15) is 5.26 Å². The zero-order valence-electron chi connectivity index (χ0n) is 17.1. The van der Waals surface area contributed by atoms with Gasteiger partial charge in [0.25, 0.3) is 11.2 Å². The topological polar surface area (TPSA) is 135 Å². The van der Waals surface area contributed by atoms with Crippen molar-refractivity contribution in [2.24, 2.45) is 0 Å². The Labute approximate surface area is 182 Å². The second-order valence-corrected chi connectivity index (χ2v) is 6.97. The number of nitro benzene ring substituents is 1. The van der Waals surface area contributed by atoms with Crippen LogP contribution >= 0.6 is 0 Å². The smallest absolute Gasteiger partial charge is 0.271 e. The summed E-state index contributed by atoms with van der Waals surface area (Å²) in [5.41, 5.74) is -0.200. The van der Waals surface area contributed by atoms with Crippen LogP contribution in [0.2, 0.25) is 0 Å². The Balaban J connectivity index is 1.87. The van der Waals surface area contributed by atoms with Crippen LogP contribution in [-0.2, 0) is 13.0 Å². The summed E-state index contributed by atoms with van der Waals surface area (Å²) in [5, 5.41) is 30.9. The van der Waals surface area contributed by atoms with Crippen LogP contribution in [0.3, 0.4) is 0 Å². The quantitative estimate of drug-likeness (QED) is 0.327. The summed E-state index contributed by atoms with van der Waals surface area (Å²) in [4.78, 5) is 35.7. The van der Waals surface area contributed by atoms with E-state index in [0.717, 1.165) is 10.1 Å². The van der Waals surface area contributed by atoms with Gasteiger partial charge in [-0.3, -0.25) is 24.3 Å². The number of carbonyl (C=O) groups excluding carboxylic acids is 1. The molecule has 9 heteroatoms. The molecule has 0 aliphatic rings. The molecule has 1 aromatic heterocycles. The number of nitrogens with zero attached hydrogens (tertiary/aromatic N) is 3. The Kier molecular flexibility index (Phi) is 6.65. The lowest BCUT2D eigenvalue weighted by atomic mass is 10.0. The minimum absolute atomic E-state index is 0.0725. The molecule has 0 bridgehead atoms. The van der Waals surface area contributed by atoms with Crippen molar-refractivity contribution in [3.63, 3.8) is 0 Å². The molecule has 162 valence electrons. The van der Waals surface area contributed by atoms with Gasteiger partial charge < -0.3 is 9.84 Å². The molecular weight excluding hydrogens is 414 g/mol. The summed E-state index contributed by atoms with van der Waals surface area (Å²) in [5.74, 6) is -0.943. The largest absolute Gasteiger partial charge is 0.494 e. The lowest BCUT2D eigenvalue weighted by molar-refractivity contribution is -0.384. The van der Waals surface area contributed by atoms with E-state index < -0.39 is 28.8 Å². The molecule has 0 spiro atoms. The maximum absolute atomic E-state index is 12.8. The van der Waals surface area contributed by atoms with Gasteiger partial charge in [0, 0.05) is 18.7 Å². The van der Waals surface area contributed by atoms with Crippen molar-refractivity contribution in [1.29, 1.82) is 5.26 Å². The number of Topliss-reactive ketones (excluding diaryl/α,β-unsaturated/α-hetero) is 1. The van der Waals surface area contributed by atoms with Gasteiger partial charge in [-0.25, -0.2) is 0 Å². The normalized spacial score (nSPS) is 10.4. The fourth-order valence-corrected chi connectivity index (χ4v) is 3.26. The summed E-state index contributed by atoms with van der Waals surface area (Å²) < 4.78 is 6.40. The fraction of sp³-hybridized carbons (Fsp3) is 0.174. The van der Waals surface area contributed by atoms with Crippen molar-refractivity contribution < 1.29 is 19.6 Å². The van der Waals surface area contributed by atoms with Crippen LogP contribution in [0, 0.1) is 28.4 Å². The molecule has 0 saturated heterocycles. The number of pyridine rings is 1. The first-order valence-electron chi connectivity index (χ1n) is 9.64. The summed E-state index contributed by atoms with van der Waals surface area (Å²) in [6.45, 7) is 1.00. The molecule has 1 N–H and O–H groups in total. The molecule has 0 saturated carbocycles. The lowest BCUT2D eigenvalue weighted by Crippen LogP contribution is -2.28. The Bertz CT molecular complexity index is 1260. The van der Waals surface area contributed by atoms with Crippen molar-refractivity contribution in [3.05, 3.63) is 97.3 Å². The summed E-state index contributed by atoms with van der Waals surface area (Å²) >= 11 is 0. The number of aromatic nitrogens is 1. The van der Waals surface area contributed by atoms with E-state index in [1.165, 1.54) is 31.2 Å². The molecule has 32 heavy (non-hydrogen) atoms. The highest BCUT2D eigenvalue weighted by atomic mass is 16.6. The number of nitriles is 1. The Morgan fingerprint density at radius 3 is 2.44 bits per heavy atom. The number of benzene rings is 2. The molecule has 3 rings (SSSR count). The lowest BCUT2D eigenvalue weighted by Gasteiger charge is -2.16. The SMILES string of the molecule is Cc1c(C(=O)COc2ccc([N+](=O)[O-])cc2)c(O)n(CCc2ccccc2)c(=O)c1C#N. The summed E-state index contributed by atoms with van der Waals surface area (Å²) in [6, 6.07) is 16.3. The molecule has 2 aromatic carbocycles. The van der Waals surface area contributed by atoms with Crippen LogP contribution < -0.4 is 10.3 Å². The molecule has 3 aromatic rings. The minimum Gasteiger partial charge on any atom is -0.494 e. The molecule has 9 nitrogen and oxygen atoms in total. The number of aryl methyl sites for hydroxylation is 1. The molecule has 0 amide bonds. The fourth-order valence-electron chi connectivity index (χ4n) is 3.26. The van der Waals surface area contributed by atoms with E-state index >= 15 is 0 Å². The van der Waals surface area contributed by atoms with Crippen molar-refractivity contribution >= 4 is 11.5 Å². The number of ether oxygens (including phenoxy) is 1. The molecule has 0 unspecified atom stereocenters. The highest BCUT2D eigenvalue weighted by Gasteiger charge is 2.24. The monoisotopic (exact) mass is 433 g/mol. The predicted octanol–water partition coefficient (Wildman–Crippen LogP) is 3.15. The molecule has 0 atom stereocenters. The van der Waals surface area contributed by atoms with Crippen LogP contribution in [0.5, 0.6) is 11.6 Å². The van der Waals surface area contributed by atoms with Crippen molar-refractivity contribution in [2.75, 3.05) is 6.61 Å². The average Bonchev–Trinajstić information content (AvgIpc) is 2.79. The van der Waals surface area contributed by atoms with E-state index in [4.69, 9.17) is 4.74 Å². The second kappa shape index (κ2) is 9.57. The van der Waals surface area contributed by atoms with Crippen LogP contribution in [0.4, 0.5) is 5.69 Å². The van der Waals surface area contributed by atoms with Crippen molar-refractivity contribution in [1.82, 2.24) is 4.57 Å². The molecule has 0 radical (unpaired) electrons. The second-order valence-electron chi connectivity index (χ2n) is 6.97. The first kappa shape index (κ1) is 22.2. The Morgan fingerprint density at radius 2 is 1.84 bits per heavy atom. The Hall–Kier alpha value is -4.45. The molecule has 0 fully saturated rings. The number of aromatic hydroxyl groups is 1. The highest BCUT2D eigenvalue weighted by Crippen LogP contribution is 2.24. The minimum atomic E-state index is -0.675. The molecule has 1 heterocycles. The molecule has 0 aliphatic carbocycles. The third kappa shape index (κ3) is 4.65. The number of ketones is 1. The molecule has 0 aliphatic heterocycles. The van der Waals surface area contributed by atoms with E-state index in [2.05, 4.69) is 0 Å². The maximum atomic E-state index is 12.8. The number of hydrogen-bond donors (Lipinski definition) is 1. The van der Waals surface area contributed by atoms with E-state index in [-0.39, 0.29) is 34.7 Å². The van der Waals surface area contributed by atoms with Crippen LogP contribution in [0.15, 0.2) is 59.4 Å². The first-order valence-corrected chi connectivity index (χ1v) is 9.64. The van der Waals surface area contributed by atoms with Gasteiger partial charge in [0.2, 0.25) is 11.7 Å².